The maximum absolute atomic E-state index is 11.9. The standard InChI is InChI=1S/C15H22N2O2/c1-11-6-5-9-13(10-11)19-14(15(18)17-16)12-7-3-2-4-8-12/h2-4,7-8,11,13-14H,5-6,9-10,16H2,1H3,(H,17,18). The van der Waals surface area contributed by atoms with Gasteiger partial charge in [-0.25, -0.2) is 5.84 Å². The van der Waals surface area contributed by atoms with Crippen LogP contribution >= 0.6 is 0 Å². The first kappa shape index (κ1) is 14.0. The molecule has 0 saturated heterocycles. The number of hydrogen-bond acceptors (Lipinski definition) is 3. The van der Waals surface area contributed by atoms with Crippen LogP contribution in [-0.4, -0.2) is 12.0 Å². The molecule has 1 saturated carbocycles. The number of benzene rings is 1. The van der Waals surface area contributed by atoms with Gasteiger partial charge < -0.3 is 4.74 Å². The van der Waals surface area contributed by atoms with Gasteiger partial charge in [-0.15, -0.1) is 0 Å². The fourth-order valence-electron chi connectivity index (χ4n) is 2.69. The largest absolute Gasteiger partial charge is 0.360 e. The molecule has 2 rings (SSSR count). The first-order valence-corrected chi connectivity index (χ1v) is 6.91. The first-order chi connectivity index (χ1) is 9.20. The molecule has 0 heterocycles. The Balaban J connectivity index is 2.08. The predicted octanol–water partition coefficient (Wildman–Crippen LogP) is 2.31. The predicted molar refractivity (Wildman–Crippen MR) is 74.0 cm³/mol. The normalized spacial score (nSPS) is 24.7. The average Bonchev–Trinajstić information content (AvgIpc) is 2.45. The van der Waals surface area contributed by atoms with E-state index in [4.69, 9.17) is 10.6 Å². The van der Waals surface area contributed by atoms with Gasteiger partial charge in [0.25, 0.3) is 5.91 Å². The van der Waals surface area contributed by atoms with Crippen molar-refractivity contribution in [3.8, 4) is 0 Å². The van der Waals surface area contributed by atoms with Crippen molar-refractivity contribution in [1.82, 2.24) is 5.43 Å². The molecule has 1 aliphatic carbocycles. The Hall–Kier alpha value is -1.39. The Bertz CT molecular complexity index is 408. The number of rotatable bonds is 4. The number of hydrazine groups is 1. The summed E-state index contributed by atoms with van der Waals surface area (Å²) in [5.74, 6) is 5.64. The second-order valence-electron chi connectivity index (χ2n) is 5.33. The molecule has 3 unspecified atom stereocenters. The zero-order valence-corrected chi connectivity index (χ0v) is 11.3. The summed E-state index contributed by atoms with van der Waals surface area (Å²) in [6.07, 6.45) is 3.98. The number of carbonyl (C=O) groups excluding carboxylic acids is 1. The zero-order chi connectivity index (χ0) is 13.7. The highest BCUT2D eigenvalue weighted by Gasteiger charge is 2.27. The maximum atomic E-state index is 11.9. The SMILES string of the molecule is CC1CCCC(OC(C(=O)NN)c2ccccc2)C1. The van der Waals surface area contributed by atoms with Gasteiger partial charge in [0.1, 0.15) is 0 Å². The van der Waals surface area contributed by atoms with E-state index in [2.05, 4.69) is 12.3 Å². The van der Waals surface area contributed by atoms with Crippen molar-refractivity contribution >= 4 is 5.91 Å². The van der Waals surface area contributed by atoms with Gasteiger partial charge in [0.05, 0.1) is 6.10 Å². The molecule has 1 aromatic rings. The van der Waals surface area contributed by atoms with E-state index in [1.807, 2.05) is 30.3 Å². The summed E-state index contributed by atoms with van der Waals surface area (Å²) in [6.45, 7) is 2.23. The second kappa shape index (κ2) is 6.68. The van der Waals surface area contributed by atoms with E-state index >= 15 is 0 Å². The van der Waals surface area contributed by atoms with Gasteiger partial charge in [-0.2, -0.15) is 0 Å². The molecule has 0 radical (unpaired) electrons. The average molecular weight is 262 g/mol. The molecule has 19 heavy (non-hydrogen) atoms. The number of hydrogen-bond donors (Lipinski definition) is 2. The van der Waals surface area contributed by atoms with Crippen molar-refractivity contribution in [2.24, 2.45) is 11.8 Å². The summed E-state index contributed by atoms with van der Waals surface area (Å²) >= 11 is 0. The summed E-state index contributed by atoms with van der Waals surface area (Å²) in [5.41, 5.74) is 3.05. The van der Waals surface area contributed by atoms with Crippen molar-refractivity contribution in [3.05, 3.63) is 35.9 Å². The van der Waals surface area contributed by atoms with Crippen LogP contribution in [0, 0.1) is 5.92 Å². The maximum Gasteiger partial charge on any atom is 0.267 e. The van der Waals surface area contributed by atoms with Crippen molar-refractivity contribution < 1.29 is 9.53 Å². The Morgan fingerprint density at radius 2 is 2.11 bits per heavy atom. The van der Waals surface area contributed by atoms with E-state index in [-0.39, 0.29) is 12.0 Å². The lowest BCUT2D eigenvalue weighted by atomic mass is 9.88. The summed E-state index contributed by atoms with van der Waals surface area (Å²) in [4.78, 5) is 11.9. The van der Waals surface area contributed by atoms with E-state index in [9.17, 15) is 4.79 Å². The highest BCUT2D eigenvalue weighted by atomic mass is 16.5. The molecule has 1 aliphatic rings. The second-order valence-corrected chi connectivity index (χ2v) is 5.33. The van der Waals surface area contributed by atoms with E-state index in [1.165, 1.54) is 6.42 Å². The lowest BCUT2D eigenvalue weighted by Gasteiger charge is -2.30. The first-order valence-electron chi connectivity index (χ1n) is 6.91. The van der Waals surface area contributed by atoms with Crippen LogP contribution in [0.5, 0.6) is 0 Å². The third-order valence-corrected chi connectivity index (χ3v) is 3.70. The summed E-state index contributed by atoms with van der Waals surface area (Å²) in [6, 6.07) is 9.51. The van der Waals surface area contributed by atoms with E-state index < -0.39 is 6.10 Å². The van der Waals surface area contributed by atoms with Crippen LogP contribution in [0.4, 0.5) is 0 Å². The van der Waals surface area contributed by atoms with Gasteiger partial charge in [-0.05, 0) is 24.3 Å². The smallest absolute Gasteiger partial charge is 0.267 e. The third kappa shape index (κ3) is 3.78. The Morgan fingerprint density at radius 1 is 1.37 bits per heavy atom. The highest BCUT2D eigenvalue weighted by Crippen LogP contribution is 2.30. The number of carbonyl (C=O) groups is 1. The highest BCUT2D eigenvalue weighted by molar-refractivity contribution is 5.81. The van der Waals surface area contributed by atoms with Gasteiger partial charge >= 0.3 is 0 Å². The Labute approximate surface area is 114 Å². The number of ether oxygens (including phenoxy) is 1. The molecule has 4 heteroatoms. The van der Waals surface area contributed by atoms with E-state index in [0.29, 0.717) is 5.92 Å². The van der Waals surface area contributed by atoms with Gasteiger partial charge in [0.2, 0.25) is 0 Å². The van der Waals surface area contributed by atoms with Gasteiger partial charge in [0, 0.05) is 0 Å². The van der Waals surface area contributed by atoms with Crippen molar-refractivity contribution in [2.45, 2.75) is 44.8 Å². The molecular formula is C15H22N2O2. The summed E-state index contributed by atoms with van der Waals surface area (Å²) in [7, 11) is 0. The monoisotopic (exact) mass is 262 g/mol. The molecule has 1 fully saturated rings. The van der Waals surface area contributed by atoms with Crippen LogP contribution < -0.4 is 11.3 Å². The minimum Gasteiger partial charge on any atom is -0.360 e. The molecule has 0 spiro atoms. The van der Waals surface area contributed by atoms with Crippen LogP contribution in [-0.2, 0) is 9.53 Å². The topological polar surface area (TPSA) is 64.3 Å². The summed E-state index contributed by atoms with van der Waals surface area (Å²) in [5, 5.41) is 0. The fourth-order valence-corrected chi connectivity index (χ4v) is 2.69. The molecule has 0 aromatic heterocycles. The van der Waals surface area contributed by atoms with Gasteiger partial charge in [-0.1, -0.05) is 50.1 Å². The third-order valence-electron chi connectivity index (χ3n) is 3.70. The molecule has 3 atom stereocenters. The Kier molecular flexibility index (Phi) is 4.93. The van der Waals surface area contributed by atoms with Crippen LogP contribution in [0.1, 0.15) is 44.3 Å². The lowest BCUT2D eigenvalue weighted by molar-refractivity contribution is -0.139. The van der Waals surface area contributed by atoms with Crippen LogP contribution in [0.3, 0.4) is 0 Å². The van der Waals surface area contributed by atoms with Crippen molar-refractivity contribution in [3.63, 3.8) is 0 Å². The van der Waals surface area contributed by atoms with Gasteiger partial charge in [-0.3, -0.25) is 10.2 Å². The van der Waals surface area contributed by atoms with Crippen molar-refractivity contribution in [1.29, 1.82) is 0 Å². The molecule has 3 N–H and O–H groups in total. The minimum atomic E-state index is -0.610. The summed E-state index contributed by atoms with van der Waals surface area (Å²) < 4.78 is 6.01. The molecule has 104 valence electrons. The lowest BCUT2D eigenvalue weighted by Crippen LogP contribution is -2.38. The van der Waals surface area contributed by atoms with Crippen LogP contribution in [0.25, 0.3) is 0 Å². The molecule has 1 aromatic carbocycles. The molecular weight excluding hydrogens is 240 g/mol. The van der Waals surface area contributed by atoms with E-state index in [0.717, 1.165) is 24.8 Å². The number of nitrogens with one attached hydrogen (secondary N) is 1. The quantitative estimate of drug-likeness (QED) is 0.497. The zero-order valence-electron chi connectivity index (χ0n) is 11.3. The Morgan fingerprint density at radius 3 is 2.74 bits per heavy atom. The van der Waals surface area contributed by atoms with E-state index in [1.54, 1.807) is 0 Å². The van der Waals surface area contributed by atoms with Gasteiger partial charge in [0.15, 0.2) is 6.10 Å². The molecule has 0 aliphatic heterocycles. The minimum absolute atomic E-state index is 0.145. The van der Waals surface area contributed by atoms with Crippen LogP contribution in [0.2, 0.25) is 0 Å². The van der Waals surface area contributed by atoms with Crippen LogP contribution in [0.15, 0.2) is 30.3 Å². The molecule has 4 nitrogen and oxygen atoms in total. The van der Waals surface area contributed by atoms with Crippen molar-refractivity contribution in [2.75, 3.05) is 0 Å². The molecule has 1 amide bonds. The fraction of sp³-hybridized carbons (Fsp3) is 0.533. The number of amides is 1. The molecule has 0 bridgehead atoms. The number of nitrogens with two attached hydrogens (primary N) is 1.